The lowest BCUT2D eigenvalue weighted by molar-refractivity contribution is 0.663. The molecule has 1 aromatic carbocycles. The summed E-state index contributed by atoms with van der Waals surface area (Å²) in [5.41, 5.74) is 1.76. The van der Waals surface area contributed by atoms with Crippen molar-refractivity contribution in [2.24, 2.45) is 4.36 Å². The first-order chi connectivity index (χ1) is 6.59. The maximum Gasteiger partial charge on any atom is 0.0916 e. The Morgan fingerprint density at radius 1 is 1.43 bits per heavy atom. The Labute approximate surface area is 89.5 Å². The van der Waals surface area contributed by atoms with Crippen LogP contribution in [0.15, 0.2) is 22.6 Å². The quantitative estimate of drug-likeness (QED) is 0.728. The third-order valence-corrected chi connectivity index (χ3v) is 4.98. The zero-order valence-corrected chi connectivity index (χ0v) is 9.57. The number of benzene rings is 1. The van der Waals surface area contributed by atoms with Crippen molar-refractivity contribution in [1.29, 1.82) is 0 Å². The molecular weight excluding hydrogens is 218 g/mol. The van der Waals surface area contributed by atoms with Gasteiger partial charge in [-0.2, -0.15) is 4.36 Å². The molecule has 0 amide bonds. The second-order valence-electron chi connectivity index (χ2n) is 3.58. The second-order valence-corrected chi connectivity index (χ2v) is 6.53. The first-order valence-corrected chi connectivity index (χ1v) is 6.81. The Bertz CT molecular complexity index is 465. The minimum absolute atomic E-state index is 0.597. The molecule has 1 aliphatic rings. The van der Waals surface area contributed by atoms with E-state index < -0.39 is 9.73 Å². The van der Waals surface area contributed by atoms with Gasteiger partial charge in [-0.3, -0.25) is 0 Å². The van der Waals surface area contributed by atoms with E-state index in [1.165, 1.54) is 0 Å². The largest absolute Gasteiger partial charge is 0.249 e. The lowest BCUT2D eigenvalue weighted by Gasteiger charge is -2.18. The van der Waals surface area contributed by atoms with Crippen molar-refractivity contribution in [1.82, 2.24) is 0 Å². The molecule has 1 saturated heterocycles. The number of nitrogens with zero attached hydrogens (tertiary/aromatic N) is 1. The van der Waals surface area contributed by atoms with Gasteiger partial charge in [-0.1, -0.05) is 17.7 Å². The topological polar surface area (TPSA) is 29.4 Å². The maximum atomic E-state index is 11.8. The Kier molecular flexibility index (Phi) is 2.54. The van der Waals surface area contributed by atoms with E-state index in [1.54, 1.807) is 0 Å². The number of halogens is 1. The van der Waals surface area contributed by atoms with Gasteiger partial charge in [0.25, 0.3) is 0 Å². The van der Waals surface area contributed by atoms with Gasteiger partial charge in [-0.25, -0.2) is 4.21 Å². The van der Waals surface area contributed by atoms with Crippen LogP contribution in [0.5, 0.6) is 0 Å². The normalized spacial score (nSPS) is 18.7. The second kappa shape index (κ2) is 3.55. The van der Waals surface area contributed by atoms with Gasteiger partial charge in [0, 0.05) is 11.5 Å². The molecule has 2 nitrogen and oxygen atoms in total. The van der Waals surface area contributed by atoms with Crippen LogP contribution in [0.2, 0.25) is 5.02 Å². The van der Waals surface area contributed by atoms with Gasteiger partial charge in [-0.15, -0.1) is 0 Å². The molecule has 0 aromatic heterocycles. The summed E-state index contributed by atoms with van der Waals surface area (Å²) in [6, 6.07) is 5.62. The molecule has 2 rings (SSSR count). The molecule has 0 bridgehead atoms. The molecule has 0 aliphatic carbocycles. The van der Waals surface area contributed by atoms with E-state index in [9.17, 15) is 4.21 Å². The number of aryl methyl sites for hydroxylation is 1. The third kappa shape index (κ3) is 1.93. The molecule has 0 radical (unpaired) electrons. The van der Waals surface area contributed by atoms with Crippen molar-refractivity contribution in [3.05, 3.63) is 28.8 Å². The van der Waals surface area contributed by atoms with Crippen LogP contribution in [0.4, 0.5) is 5.69 Å². The van der Waals surface area contributed by atoms with Crippen molar-refractivity contribution in [3.8, 4) is 0 Å². The van der Waals surface area contributed by atoms with E-state index in [-0.39, 0.29) is 0 Å². The Hall–Kier alpha value is -0.540. The minimum atomic E-state index is -1.94. The first kappa shape index (κ1) is 9.99. The van der Waals surface area contributed by atoms with Crippen molar-refractivity contribution < 1.29 is 4.21 Å². The van der Waals surface area contributed by atoms with E-state index in [0.717, 1.165) is 23.5 Å². The molecule has 1 aromatic rings. The lowest BCUT2D eigenvalue weighted by Crippen LogP contribution is -2.22. The average Bonchev–Trinajstić information content (AvgIpc) is 2.07. The SMILES string of the molecule is Cc1ccc(N=S2(=O)CCC2)c(Cl)c1. The highest BCUT2D eigenvalue weighted by molar-refractivity contribution is 7.95. The molecule has 0 N–H and O–H groups in total. The monoisotopic (exact) mass is 229 g/mol. The number of hydrogen-bond donors (Lipinski definition) is 0. The average molecular weight is 230 g/mol. The van der Waals surface area contributed by atoms with Gasteiger partial charge < -0.3 is 0 Å². The highest BCUT2D eigenvalue weighted by atomic mass is 35.5. The molecule has 76 valence electrons. The summed E-state index contributed by atoms with van der Waals surface area (Å²) in [6.45, 7) is 1.97. The third-order valence-electron chi connectivity index (χ3n) is 2.29. The summed E-state index contributed by atoms with van der Waals surface area (Å²) in [6.07, 6.45) is 1.02. The number of hydrogen-bond acceptors (Lipinski definition) is 2. The summed E-state index contributed by atoms with van der Waals surface area (Å²) in [5, 5.41) is 0.597. The molecular formula is C10H12ClNOS. The minimum Gasteiger partial charge on any atom is -0.249 e. The fourth-order valence-electron chi connectivity index (χ4n) is 1.35. The van der Waals surface area contributed by atoms with Crippen LogP contribution in [0.25, 0.3) is 0 Å². The van der Waals surface area contributed by atoms with Crippen molar-refractivity contribution in [2.45, 2.75) is 13.3 Å². The Balaban J connectivity index is 2.43. The molecule has 1 aliphatic heterocycles. The van der Waals surface area contributed by atoms with Gasteiger partial charge >= 0.3 is 0 Å². The molecule has 0 atom stereocenters. The highest BCUT2D eigenvalue weighted by Crippen LogP contribution is 2.29. The van der Waals surface area contributed by atoms with E-state index in [1.807, 2.05) is 25.1 Å². The van der Waals surface area contributed by atoms with E-state index in [2.05, 4.69) is 4.36 Å². The van der Waals surface area contributed by atoms with Crippen molar-refractivity contribution >= 4 is 27.0 Å². The smallest absolute Gasteiger partial charge is 0.0916 e. The summed E-state index contributed by atoms with van der Waals surface area (Å²) in [5.74, 6) is 1.44. The van der Waals surface area contributed by atoms with Crippen molar-refractivity contribution in [3.63, 3.8) is 0 Å². The number of rotatable bonds is 1. The van der Waals surface area contributed by atoms with Crippen molar-refractivity contribution in [2.75, 3.05) is 11.5 Å². The zero-order chi connectivity index (χ0) is 10.2. The predicted molar refractivity (Wildman–Crippen MR) is 60.8 cm³/mol. The summed E-state index contributed by atoms with van der Waals surface area (Å²) in [4.78, 5) is 0. The van der Waals surface area contributed by atoms with Gasteiger partial charge in [0.1, 0.15) is 0 Å². The Morgan fingerprint density at radius 2 is 2.14 bits per heavy atom. The van der Waals surface area contributed by atoms with E-state index in [4.69, 9.17) is 11.6 Å². The van der Waals surface area contributed by atoms with Crippen LogP contribution in [0.3, 0.4) is 0 Å². The highest BCUT2D eigenvalue weighted by Gasteiger charge is 2.19. The standard InChI is InChI=1S/C10H12ClNOS/c1-8-3-4-10(9(11)7-8)12-14(13)5-2-6-14/h3-4,7H,2,5-6H2,1H3. The van der Waals surface area contributed by atoms with Crippen LogP contribution in [-0.4, -0.2) is 15.7 Å². The lowest BCUT2D eigenvalue weighted by atomic mass is 10.2. The molecule has 4 heteroatoms. The fourth-order valence-corrected chi connectivity index (χ4v) is 3.16. The molecule has 0 saturated carbocycles. The Morgan fingerprint density at radius 3 is 2.64 bits per heavy atom. The molecule has 0 unspecified atom stereocenters. The van der Waals surface area contributed by atoms with E-state index >= 15 is 0 Å². The summed E-state index contributed by atoms with van der Waals surface area (Å²) >= 11 is 6.00. The van der Waals surface area contributed by atoms with E-state index in [0.29, 0.717) is 10.7 Å². The van der Waals surface area contributed by atoms with Gasteiger partial charge in [0.2, 0.25) is 0 Å². The maximum absolute atomic E-state index is 11.8. The first-order valence-electron chi connectivity index (χ1n) is 4.58. The van der Waals surface area contributed by atoms with Crippen LogP contribution >= 0.6 is 11.6 Å². The van der Waals surface area contributed by atoms with Gasteiger partial charge in [-0.05, 0) is 31.0 Å². The summed E-state index contributed by atoms with van der Waals surface area (Å²) < 4.78 is 16.1. The molecule has 1 fully saturated rings. The summed E-state index contributed by atoms with van der Waals surface area (Å²) in [7, 11) is -1.94. The molecule has 14 heavy (non-hydrogen) atoms. The predicted octanol–water partition coefficient (Wildman–Crippen LogP) is 3.15. The molecule has 1 heterocycles. The van der Waals surface area contributed by atoms with Gasteiger partial charge in [0.15, 0.2) is 0 Å². The van der Waals surface area contributed by atoms with Gasteiger partial charge in [0.05, 0.1) is 20.4 Å². The van der Waals surface area contributed by atoms with Crippen LogP contribution in [0.1, 0.15) is 12.0 Å². The molecule has 0 spiro atoms. The van der Waals surface area contributed by atoms with Crippen LogP contribution < -0.4 is 0 Å². The fraction of sp³-hybridized carbons (Fsp3) is 0.400. The zero-order valence-electron chi connectivity index (χ0n) is 8.00. The van der Waals surface area contributed by atoms with Crippen LogP contribution in [-0.2, 0) is 9.73 Å². The van der Waals surface area contributed by atoms with Crippen LogP contribution in [0, 0.1) is 6.92 Å².